The number of aromatic nitrogens is 1. The molecule has 0 bridgehead atoms. The molecule has 1 heterocycles. The standard InChI is InChI=1S/C20H21N3O3S/c1-2-3-12-22-20(24)16-8-4-10-17(14-16)27(25,26)23-18-11-5-7-15-9-6-13-21-19(15)18/h4-11,13-14,23H,2-3,12H2,1H3,(H,22,24). The molecular weight excluding hydrogens is 362 g/mol. The van der Waals surface area contributed by atoms with E-state index in [2.05, 4.69) is 15.0 Å². The zero-order valence-electron chi connectivity index (χ0n) is 15.0. The Morgan fingerprint density at radius 3 is 2.67 bits per heavy atom. The van der Waals surface area contributed by atoms with E-state index in [1.807, 2.05) is 19.1 Å². The fourth-order valence-electron chi connectivity index (χ4n) is 2.68. The summed E-state index contributed by atoms with van der Waals surface area (Å²) in [5.74, 6) is -0.285. The van der Waals surface area contributed by atoms with Gasteiger partial charge >= 0.3 is 0 Å². The van der Waals surface area contributed by atoms with Crippen molar-refractivity contribution in [3.05, 3.63) is 66.4 Å². The minimum absolute atomic E-state index is 0.0265. The molecule has 0 aliphatic heterocycles. The average Bonchev–Trinajstić information content (AvgIpc) is 2.68. The second-order valence-electron chi connectivity index (χ2n) is 6.12. The molecule has 0 aliphatic carbocycles. The van der Waals surface area contributed by atoms with Crippen molar-refractivity contribution in [3.63, 3.8) is 0 Å². The second-order valence-corrected chi connectivity index (χ2v) is 7.81. The molecule has 7 heteroatoms. The normalized spacial score (nSPS) is 11.3. The summed E-state index contributed by atoms with van der Waals surface area (Å²) in [6.07, 6.45) is 3.46. The number of nitrogens with one attached hydrogen (secondary N) is 2. The van der Waals surface area contributed by atoms with Gasteiger partial charge in [0.15, 0.2) is 0 Å². The molecule has 0 saturated heterocycles. The summed E-state index contributed by atoms with van der Waals surface area (Å²) in [6.45, 7) is 2.60. The monoisotopic (exact) mass is 383 g/mol. The van der Waals surface area contributed by atoms with Gasteiger partial charge in [0.25, 0.3) is 15.9 Å². The molecule has 140 valence electrons. The number of nitrogens with zero attached hydrogens (tertiary/aromatic N) is 1. The summed E-state index contributed by atoms with van der Waals surface area (Å²) in [5, 5.41) is 3.62. The SMILES string of the molecule is CCCCNC(=O)c1cccc(S(=O)(=O)Nc2cccc3cccnc23)c1. The molecule has 0 aliphatic rings. The molecule has 0 saturated carbocycles. The highest BCUT2D eigenvalue weighted by atomic mass is 32.2. The van der Waals surface area contributed by atoms with Gasteiger partial charge in [-0.05, 0) is 36.8 Å². The summed E-state index contributed by atoms with van der Waals surface area (Å²) in [6, 6.07) is 14.9. The number of anilines is 1. The Hall–Kier alpha value is -2.93. The fraction of sp³-hybridized carbons (Fsp3) is 0.200. The predicted octanol–water partition coefficient (Wildman–Crippen LogP) is 3.57. The third kappa shape index (κ3) is 4.43. The third-order valence-corrected chi connectivity index (χ3v) is 5.46. The minimum atomic E-state index is -3.86. The van der Waals surface area contributed by atoms with Crippen LogP contribution in [0.2, 0.25) is 0 Å². The maximum atomic E-state index is 12.8. The number of carbonyl (C=O) groups is 1. The average molecular weight is 383 g/mol. The fourth-order valence-corrected chi connectivity index (χ4v) is 3.79. The van der Waals surface area contributed by atoms with Crippen LogP contribution < -0.4 is 10.0 Å². The summed E-state index contributed by atoms with van der Waals surface area (Å²) in [5.41, 5.74) is 1.27. The Morgan fingerprint density at radius 1 is 1.07 bits per heavy atom. The molecular formula is C20H21N3O3S. The minimum Gasteiger partial charge on any atom is -0.352 e. The van der Waals surface area contributed by atoms with Crippen molar-refractivity contribution in [3.8, 4) is 0 Å². The Balaban J connectivity index is 1.87. The van der Waals surface area contributed by atoms with Gasteiger partial charge in [-0.25, -0.2) is 8.42 Å². The van der Waals surface area contributed by atoms with Gasteiger partial charge in [-0.15, -0.1) is 0 Å². The maximum Gasteiger partial charge on any atom is 0.261 e. The van der Waals surface area contributed by atoms with Crippen LogP contribution in [-0.2, 0) is 10.0 Å². The van der Waals surface area contributed by atoms with Crippen molar-refractivity contribution in [2.75, 3.05) is 11.3 Å². The van der Waals surface area contributed by atoms with E-state index in [0.717, 1.165) is 18.2 Å². The smallest absolute Gasteiger partial charge is 0.261 e. The zero-order chi connectivity index (χ0) is 19.3. The number of sulfonamides is 1. The van der Waals surface area contributed by atoms with Crippen molar-refractivity contribution < 1.29 is 13.2 Å². The summed E-state index contributed by atoms with van der Waals surface area (Å²) in [4.78, 5) is 16.5. The van der Waals surface area contributed by atoms with Crippen LogP contribution in [0.4, 0.5) is 5.69 Å². The Labute approximate surface area is 158 Å². The largest absolute Gasteiger partial charge is 0.352 e. The van der Waals surface area contributed by atoms with Crippen LogP contribution in [0.1, 0.15) is 30.1 Å². The molecule has 0 unspecified atom stereocenters. The number of amides is 1. The number of para-hydroxylation sites is 1. The Kier molecular flexibility index (Phi) is 5.71. The number of unbranched alkanes of at least 4 members (excludes halogenated alkanes) is 1. The molecule has 2 aromatic carbocycles. The lowest BCUT2D eigenvalue weighted by Crippen LogP contribution is -2.24. The van der Waals surface area contributed by atoms with Crippen molar-refractivity contribution in [2.45, 2.75) is 24.7 Å². The quantitative estimate of drug-likeness (QED) is 0.611. The molecule has 27 heavy (non-hydrogen) atoms. The van der Waals surface area contributed by atoms with Crippen LogP contribution >= 0.6 is 0 Å². The first kappa shape index (κ1) is 18.8. The molecule has 3 rings (SSSR count). The number of fused-ring (bicyclic) bond motifs is 1. The maximum absolute atomic E-state index is 12.8. The van der Waals surface area contributed by atoms with Crippen molar-refractivity contribution in [2.24, 2.45) is 0 Å². The summed E-state index contributed by atoms with van der Waals surface area (Å²) in [7, 11) is -3.86. The second kappa shape index (κ2) is 8.18. The van der Waals surface area contributed by atoms with Crippen molar-refractivity contribution in [1.29, 1.82) is 0 Å². The summed E-state index contributed by atoms with van der Waals surface area (Å²) < 4.78 is 28.2. The van der Waals surface area contributed by atoms with Crippen LogP contribution in [0.15, 0.2) is 65.7 Å². The molecule has 1 amide bonds. The van der Waals surface area contributed by atoms with Gasteiger partial charge in [-0.1, -0.05) is 37.6 Å². The lowest BCUT2D eigenvalue weighted by molar-refractivity contribution is 0.0953. The lowest BCUT2D eigenvalue weighted by Gasteiger charge is -2.11. The number of benzene rings is 2. The van der Waals surface area contributed by atoms with Gasteiger partial charge in [0.2, 0.25) is 0 Å². The molecule has 0 atom stereocenters. The van der Waals surface area contributed by atoms with Crippen molar-refractivity contribution >= 4 is 32.5 Å². The number of carbonyl (C=O) groups excluding carboxylic acids is 1. The lowest BCUT2D eigenvalue weighted by atomic mass is 10.2. The van der Waals surface area contributed by atoms with Gasteiger partial charge < -0.3 is 5.32 Å². The molecule has 1 aromatic heterocycles. The Morgan fingerprint density at radius 2 is 1.85 bits per heavy atom. The topological polar surface area (TPSA) is 88.2 Å². The first-order valence-electron chi connectivity index (χ1n) is 8.76. The molecule has 6 nitrogen and oxygen atoms in total. The van der Waals surface area contributed by atoms with E-state index < -0.39 is 10.0 Å². The van der Waals surface area contributed by atoms with E-state index in [-0.39, 0.29) is 10.8 Å². The van der Waals surface area contributed by atoms with Crippen LogP contribution in [0.3, 0.4) is 0 Å². The molecule has 0 spiro atoms. The number of pyridine rings is 1. The van der Waals surface area contributed by atoms with Gasteiger partial charge in [0.05, 0.1) is 16.1 Å². The van der Waals surface area contributed by atoms with Crippen LogP contribution in [-0.4, -0.2) is 25.9 Å². The van der Waals surface area contributed by atoms with E-state index in [0.29, 0.717) is 23.3 Å². The van der Waals surface area contributed by atoms with Crippen LogP contribution in [0.25, 0.3) is 10.9 Å². The van der Waals surface area contributed by atoms with Crippen molar-refractivity contribution in [1.82, 2.24) is 10.3 Å². The van der Waals surface area contributed by atoms with E-state index in [1.165, 1.54) is 12.1 Å². The molecule has 0 fully saturated rings. The zero-order valence-corrected chi connectivity index (χ0v) is 15.8. The highest BCUT2D eigenvalue weighted by Crippen LogP contribution is 2.24. The van der Waals surface area contributed by atoms with E-state index in [9.17, 15) is 13.2 Å². The molecule has 2 N–H and O–H groups in total. The van der Waals surface area contributed by atoms with E-state index in [1.54, 1.807) is 36.5 Å². The number of hydrogen-bond donors (Lipinski definition) is 2. The van der Waals surface area contributed by atoms with Crippen LogP contribution in [0.5, 0.6) is 0 Å². The van der Waals surface area contributed by atoms with Gasteiger partial charge in [0, 0.05) is 23.7 Å². The van der Waals surface area contributed by atoms with Gasteiger partial charge in [-0.2, -0.15) is 0 Å². The highest BCUT2D eigenvalue weighted by Gasteiger charge is 2.18. The number of hydrogen-bond acceptors (Lipinski definition) is 4. The number of rotatable bonds is 7. The Bertz CT molecular complexity index is 1060. The molecule has 0 radical (unpaired) electrons. The van der Waals surface area contributed by atoms with E-state index >= 15 is 0 Å². The van der Waals surface area contributed by atoms with Crippen LogP contribution in [0, 0.1) is 0 Å². The van der Waals surface area contributed by atoms with E-state index in [4.69, 9.17) is 0 Å². The third-order valence-electron chi connectivity index (χ3n) is 4.10. The van der Waals surface area contributed by atoms with Gasteiger partial charge in [-0.3, -0.25) is 14.5 Å². The molecule has 3 aromatic rings. The first-order valence-corrected chi connectivity index (χ1v) is 10.2. The van der Waals surface area contributed by atoms with Gasteiger partial charge in [0.1, 0.15) is 0 Å². The first-order chi connectivity index (χ1) is 13.0. The predicted molar refractivity (Wildman–Crippen MR) is 106 cm³/mol. The highest BCUT2D eigenvalue weighted by molar-refractivity contribution is 7.92. The summed E-state index contributed by atoms with van der Waals surface area (Å²) >= 11 is 0.